The van der Waals surface area contributed by atoms with Crippen molar-refractivity contribution in [3.63, 3.8) is 0 Å². The first-order valence-corrected chi connectivity index (χ1v) is 11.8. The molecule has 7 heteroatoms. The molecule has 0 aliphatic heterocycles. The molecule has 1 fully saturated rings. The maximum Gasteiger partial charge on any atom is 0.331 e. The smallest absolute Gasteiger partial charge is 0.331 e. The Morgan fingerprint density at radius 2 is 1.91 bits per heavy atom. The molecule has 3 aromatic rings. The minimum atomic E-state index is -0.945. The minimum absolute atomic E-state index is 0.293. The van der Waals surface area contributed by atoms with Crippen molar-refractivity contribution in [2.24, 2.45) is 0 Å². The van der Waals surface area contributed by atoms with Gasteiger partial charge in [0.25, 0.3) is 0 Å². The Morgan fingerprint density at radius 3 is 2.62 bits per heavy atom. The Hall–Kier alpha value is -3.74. The Bertz CT molecular complexity index is 1130. The standard InChI is InChI=1S/C27H30N4O3/c1-2-34-26(33)27(15-7-4-8-16-27)29-24(32)14-13-23-20-31(19-21-10-5-3-6-11-21)30-25(23)22-12-9-17-28-18-22/h3,5-6,9-14,17-18,20H,2,4,7-8,15-16,19H2,1H3,(H,29,32)/b14-13+. The molecule has 2 aromatic heterocycles. The molecule has 0 radical (unpaired) electrons. The van der Waals surface area contributed by atoms with E-state index in [1.165, 1.54) is 6.08 Å². The van der Waals surface area contributed by atoms with Crippen molar-refractivity contribution in [1.82, 2.24) is 20.1 Å². The van der Waals surface area contributed by atoms with Crippen LogP contribution in [0.1, 0.15) is 50.2 Å². The molecule has 0 spiro atoms. The summed E-state index contributed by atoms with van der Waals surface area (Å²) < 4.78 is 7.14. The van der Waals surface area contributed by atoms with Crippen molar-refractivity contribution in [3.8, 4) is 11.3 Å². The van der Waals surface area contributed by atoms with Gasteiger partial charge in [0.15, 0.2) is 0 Å². The van der Waals surface area contributed by atoms with E-state index in [0.29, 0.717) is 26.0 Å². The molecule has 1 aromatic carbocycles. The quantitative estimate of drug-likeness (QED) is 0.400. The van der Waals surface area contributed by atoms with Gasteiger partial charge in [-0.3, -0.25) is 14.5 Å². The molecular weight excluding hydrogens is 428 g/mol. The van der Waals surface area contributed by atoms with Gasteiger partial charge in [-0.15, -0.1) is 0 Å². The minimum Gasteiger partial charge on any atom is -0.464 e. The first-order valence-electron chi connectivity index (χ1n) is 11.8. The van der Waals surface area contributed by atoms with E-state index < -0.39 is 5.54 Å². The third-order valence-corrected chi connectivity index (χ3v) is 6.06. The van der Waals surface area contributed by atoms with Crippen LogP contribution in [-0.4, -0.2) is 38.8 Å². The van der Waals surface area contributed by atoms with Crippen LogP contribution in [-0.2, 0) is 20.9 Å². The molecule has 4 rings (SSSR count). The highest BCUT2D eigenvalue weighted by atomic mass is 16.5. The molecular formula is C27H30N4O3. The number of nitrogens with one attached hydrogen (secondary N) is 1. The molecule has 7 nitrogen and oxygen atoms in total. The Labute approximate surface area is 199 Å². The zero-order chi connectivity index (χ0) is 23.8. The second kappa shape index (κ2) is 10.9. The lowest BCUT2D eigenvalue weighted by molar-refractivity contribution is -0.154. The topological polar surface area (TPSA) is 86.1 Å². The third-order valence-electron chi connectivity index (χ3n) is 6.06. The highest BCUT2D eigenvalue weighted by Crippen LogP contribution is 2.30. The predicted molar refractivity (Wildman–Crippen MR) is 131 cm³/mol. The molecule has 1 amide bonds. The molecule has 1 aliphatic rings. The molecule has 0 saturated heterocycles. The van der Waals surface area contributed by atoms with Crippen LogP contribution in [0.3, 0.4) is 0 Å². The normalized spacial score (nSPS) is 15.2. The number of pyridine rings is 1. The average molecular weight is 459 g/mol. The number of carbonyl (C=O) groups is 2. The van der Waals surface area contributed by atoms with Gasteiger partial charge in [0, 0.05) is 35.8 Å². The molecule has 1 aliphatic carbocycles. The van der Waals surface area contributed by atoms with E-state index in [4.69, 9.17) is 9.84 Å². The largest absolute Gasteiger partial charge is 0.464 e. The van der Waals surface area contributed by atoms with Gasteiger partial charge in [-0.2, -0.15) is 5.10 Å². The van der Waals surface area contributed by atoms with Crippen molar-refractivity contribution in [1.29, 1.82) is 0 Å². The maximum absolute atomic E-state index is 12.9. The Morgan fingerprint density at radius 1 is 1.12 bits per heavy atom. The van der Waals surface area contributed by atoms with Gasteiger partial charge in [-0.05, 0) is 43.5 Å². The molecule has 34 heavy (non-hydrogen) atoms. The summed E-state index contributed by atoms with van der Waals surface area (Å²) in [6, 6.07) is 13.9. The van der Waals surface area contributed by atoms with E-state index in [0.717, 1.165) is 41.6 Å². The highest BCUT2D eigenvalue weighted by molar-refractivity contribution is 5.96. The van der Waals surface area contributed by atoms with Crippen LogP contribution in [0.15, 0.2) is 67.1 Å². The van der Waals surface area contributed by atoms with Gasteiger partial charge in [-0.25, -0.2) is 4.79 Å². The summed E-state index contributed by atoms with van der Waals surface area (Å²) >= 11 is 0. The van der Waals surface area contributed by atoms with Crippen molar-refractivity contribution in [2.45, 2.75) is 51.1 Å². The number of nitrogens with zero attached hydrogens (tertiary/aromatic N) is 3. The fourth-order valence-electron chi connectivity index (χ4n) is 4.39. The van der Waals surface area contributed by atoms with Crippen LogP contribution < -0.4 is 5.32 Å². The van der Waals surface area contributed by atoms with E-state index in [-0.39, 0.29) is 11.9 Å². The number of ether oxygens (including phenoxy) is 1. The second-order valence-corrected chi connectivity index (χ2v) is 8.54. The van der Waals surface area contributed by atoms with Crippen LogP contribution in [0.25, 0.3) is 17.3 Å². The lowest BCUT2D eigenvalue weighted by atomic mass is 9.81. The van der Waals surface area contributed by atoms with E-state index in [1.807, 2.05) is 53.3 Å². The van der Waals surface area contributed by atoms with Crippen LogP contribution in [0.2, 0.25) is 0 Å². The number of benzene rings is 1. The summed E-state index contributed by atoms with van der Waals surface area (Å²) in [6.45, 7) is 2.69. The molecule has 2 heterocycles. The van der Waals surface area contributed by atoms with Gasteiger partial charge in [-0.1, -0.05) is 49.6 Å². The summed E-state index contributed by atoms with van der Waals surface area (Å²) in [5, 5.41) is 7.71. The fraction of sp³-hybridized carbons (Fsp3) is 0.333. The van der Waals surface area contributed by atoms with E-state index >= 15 is 0 Å². The van der Waals surface area contributed by atoms with Crippen LogP contribution in [0, 0.1) is 0 Å². The molecule has 1 N–H and O–H groups in total. The molecule has 0 bridgehead atoms. The van der Waals surface area contributed by atoms with E-state index in [9.17, 15) is 9.59 Å². The summed E-state index contributed by atoms with van der Waals surface area (Å²) in [4.78, 5) is 29.8. The number of hydrogen-bond acceptors (Lipinski definition) is 5. The monoisotopic (exact) mass is 458 g/mol. The number of rotatable bonds is 8. The summed E-state index contributed by atoms with van der Waals surface area (Å²) in [7, 11) is 0. The second-order valence-electron chi connectivity index (χ2n) is 8.54. The van der Waals surface area contributed by atoms with Crippen LogP contribution in [0.4, 0.5) is 0 Å². The Balaban J connectivity index is 1.57. The number of hydrogen-bond donors (Lipinski definition) is 1. The predicted octanol–water partition coefficient (Wildman–Crippen LogP) is 4.39. The number of aromatic nitrogens is 3. The zero-order valence-electron chi connectivity index (χ0n) is 19.4. The number of esters is 1. The van der Waals surface area contributed by atoms with E-state index in [1.54, 1.807) is 25.4 Å². The van der Waals surface area contributed by atoms with Gasteiger partial charge in [0.2, 0.25) is 5.91 Å². The first kappa shape index (κ1) is 23.4. The summed E-state index contributed by atoms with van der Waals surface area (Å²) in [5.41, 5.74) is 2.59. The van der Waals surface area contributed by atoms with Crippen molar-refractivity contribution in [2.75, 3.05) is 6.61 Å². The van der Waals surface area contributed by atoms with E-state index in [2.05, 4.69) is 10.3 Å². The van der Waals surface area contributed by atoms with Gasteiger partial charge >= 0.3 is 5.97 Å². The van der Waals surface area contributed by atoms with Crippen molar-refractivity contribution in [3.05, 3.63) is 78.3 Å². The van der Waals surface area contributed by atoms with Crippen molar-refractivity contribution < 1.29 is 14.3 Å². The van der Waals surface area contributed by atoms with Gasteiger partial charge < -0.3 is 10.1 Å². The molecule has 0 atom stereocenters. The third kappa shape index (κ3) is 5.60. The Kier molecular flexibility index (Phi) is 7.52. The zero-order valence-corrected chi connectivity index (χ0v) is 19.4. The lowest BCUT2D eigenvalue weighted by Gasteiger charge is -2.35. The number of carbonyl (C=O) groups excluding carboxylic acids is 2. The summed E-state index contributed by atoms with van der Waals surface area (Å²) in [6.07, 6.45) is 12.6. The van der Waals surface area contributed by atoms with Gasteiger partial charge in [0.05, 0.1) is 13.2 Å². The van der Waals surface area contributed by atoms with Crippen LogP contribution in [0.5, 0.6) is 0 Å². The number of amides is 1. The summed E-state index contributed by atoms with van der Waals surface area (Å²) in [5.74, 6) is -0.661. The van der Waals surface area contributed by atoms with Crippen molar-refractivity contribution >= 4 is 18.0 Å². The first-order chi connectivity index (χ1) is 16.6. The van der Waals surface area contributed by atoms with Gasteiger partial charge in [0.1, 0.15) is 11.2 Å². The fourth-order valence-corrected chi connectivity index (χ4v) is 4.39. The highest BCUT2D eigenvalue weighted by Gasteiger charge is 2.41. The maximum atomic E-state index is 12.9. The molecule has 176 valence electrons. The lowest BCUT2D eigenvalue weighted by Crippen LogP contribution is -2.56. The molecule has 1 saturated carbocycles. The SMILES string of the molecule is CCOC(=O)C1(NC(=O)/C=C/c2cn(Cc3ccccc3)nc2-c2cccnc2)CCCCC1. The van der Waals surface area contributed by atoms with Crippen LogP contribution >= 0.6 is 0 Å². The molecule has 0 unspecified atom stereocenters. The average Bonchev–Trinajstić information content (AvgIpc) is 3.27.